The lowest BCUT2D eigenvalue weighted by atomic mass is 9.76. The van der Waals surface area contributed by atoms with Gasteiger partial charge in [0.1, 0.15) is 6.04 Å². The van der Waals surface area contributed by atoms with Gasteiger partial charge >= 0.3 is 5.97 Å². The number of likely N-dealkylation sites (N-methyl/N-ethyl adjacent to an activating group) is 2. The van der Waals surface area contributed by atoms with E-state index in [1.807, 2.05) is 97.7 Å². The largest absolute Gasteiger partial charge is 0.478 e. The van der Waals surface area contributed by atoms with Crippen LogP contribution in [0, 0.1) is 11.3 Å². The Bertz CT molecular complexity index is 932. The van der Waals surface area contributed by atoms with E-state index in [-0.39, 0.29) is 23.3 Å². The third kappa shape index (κ3) is 7.66. The molecule has 1 rings (SSSR count). The molecule has 0 aliphatic heterocycles. The predicted octanol–water partition coefficient (Wildman–Crippen LogP) is 4.33. The van der Waals surface area contributed by atoms with E-state index in [4.69, 9.17) is 0 Å². The summed E-state index contributed by atoms with van der Waals surface area (Å²) in [5, 5.41) is 12.5. The van der Waals surface area contributed by atoms with Gasteiger partial charge in [-0.05, 0) is 37.4 Å². The van der Waals surface area contributed by atoms with Crippen LogP contribution in [-0.2, 0) is 19.8 Å². The normalized spacial score (nSPS) is 15.4. The van der Waals surface area contributed by atoms with E-state index in [9.17, 15) is 19.5 Å². The summed E-state index contributed by atoms with van der Waals surface area (Å²) >= 11 is 0. The lowest BCUT2D eigenvalue weighted by molar-refractivity contribution is -0.142. The molecule has 0 aliphatic rings. The molecule has 0 aromatic heterocycles. The zero-order valence-electron chi connectivity index (χ0n) is 24.0. The second-order valence-electron chi connectivity index (χ2n) is 11.7. The second kappa shape index (κ2) is 12.5. The summed E-state index contributed by atoms with van der Waals surface area (Å²) in [7, 11) is 3.59. The van der Waals surface area contributed by atoms with Gasteiger partial charge in [0.2, 0.25) is 11.8 Å². The maximum absolute atomic E-state index is 13.9. The Balaban J connectivity index is 3.42. The van der Waals surface area contributed by atoms with Crippen molar-refractivity contribution in [1.82, 2.24) is 15.1 Å². The van der Waals surface area contributed by atoms with Crippen molar-refractivity contribution in [3.63, 3.8) is 0 Å². The first-order valence-electron chi connectivity index (χ1n) is 12.7. The fourth-order valence-electron chi connectivity index (χ4n) is 4.59. The summed E-state index contributed by atoms with van der Waals surface area (Å²) < 4.78 is 0. The molecule has 0 bridgehead atoms. The molecule has 0 aliphatic carbocycles. The first-order chi connectivity index (χ1) is 16.5. The van der Waals surface area contributed by atoms with Crippen LogP contribution < -0.4 is 5.32 Å². The van der Waals surface area contributed by atoms with Crippen molar-refractivity contribution in [3.05, 3.63) is 47.5 Å². The van der Waals surface area contributed by atoms with Gasteiger partial charge in [-0.3, -0.25) is 14.5 Å². The topological polar surface area (TPSA) is 90.0 Å². The first-order valence-corrected chi connectivity index (χ1v) is 12.7. The molecule has 2 N–H and O–H groups in total. The standard InChI is InChI=1S/C29H47N3O4/c1-12-31(10)24(29(8,9)21-16-14-13-15-17-21)25(33)30-23(28(5,6)7)26(34)32(11)22(19(2)3)18-20(4)27(35)36/h13-19,22-24H,12H2,1-11H3,(H,30,33)(H,35,36)/b20-18+/t22-,23-,24-/m1/s1. The zero-order chi connectivity index (χ0) is 28.0. The van der Waals surface area contributed by atoms with Gasteiger partial charge in [0.15, 0.2) is 0 Å². The number of aliphatic carboxylic acids is 1. The molecule has 1 aromatic rings. The lowest BCUT2D eigenvalue weighted by Crippen LogP contribution is -2.62. The average molecular weight is 502 g/mol. The quantitative estimate of drug-likeness (QED) is 0.441. The van der Waals surface area contributed by atoms with E-state index in [1.165, 1.54) is 6.92 Å². The van der Waals surface area contributed by atoms with Crippen molar-refractivity contribution in [2.75, 3.05) is 20.6 Å². The van der Waals surface area contributed by atoms with Gasteiger partial charge in [-0.25, -0.2) is 4.79 Å². The number of amides is 2. The molecule has 7 nitrogen and oxygen atoms in total. The van der Waals surface area contributed by atoms with Gasteiger partial charge in [-0.1, -0.05) is 91.8 Å². The zero-order valence-corrected chi connectivity index (χ0v) is 24.0. The summed E-state index contributed by atoms with van der Waals surface area (Å²) in [4.78, 5) is 42.7. The minimum Gasteiger partial charge on any atom is -0.478 e. The first kappa shape index (κ1) is 31.4. The molecule has 0 saturated carbocycles. The summed E-state index contributed by atoms with van der Waals surface area (Å²) in [5.41, 5.74) is 0.129. The van der Waals surface area contributed by atoms with Crippen LogP contribution in [-0.4, -0.2) is 71.5 Å². The van der Waals surface area contributed by atoms with Crippen LogP contribution in [0.25, 0.3) is 0 Å². The molecule has 0 saturated heterocycles. The van der Waals surface area contributed by atoms with Gasteiger partial charge in [0.05, 0.1) is 12.1 Å². The molecule has 0 unspecified atom stereocenters. The van der Waals surface area contributed by atoms with Gasteiger partial charge in [0, 0.05) is 18.0 Å². The van der Waals surface area contributed by atoms with E-state index in [1.54, 1.807) is 18.0 Å². The van der Waals surface area contributed by atoms with Crippen molar-refractivity contribution in [3.8, 4) is 0 Å². The Kier molecular flexibility index (Phi) is 10.9. The van der Waals surface area contributed by atoms with E-state index >= 15 is 0 Å². The number of carbonyl (C=O) groups excluding carboxylic acids is 2. The monoisotopic (exact) mass is 501 g/mol. The molecule has 7 heteroatoms. The van der Waals surface area contributed by atoms with Crippen LogP contribution in [0.4, 0.5) is 0 Å². The second-order valence-corrected chi connectivity index (χ2v) is 11.7. The van der Waals surface area contributed by atoms with E-state index in [2.05, 4.69) is 5.32 Å². The predicted molar refractivity (Wildman–Crippen MR) is 146 cm³/mol. The van der Waals surface area contributed by atoms with Gasteiger partial charge in [-0.15, -0.1) is 0 Å². The Morgan fingerprint density at radius 2 is 1.56 bits per heavy atom. The molecule has 0 heterocycles. The number of carboxylic acid groups (broad SMARTS) is 1. The summed E-state index contributed by atoms with van der Waals surface area (Å²) in [6.07, 6.45) is 1.61. The maximum atomic E-state index is 13.9. The summed E-state index contributed by atoms with van der Waals surface area (Å²) in [6.45, 7) is 17.9. The van der Waals surface area contributed by atoms with Gasteiger partial charge < -0.3 is 15.3 Å². The van der Waals surface area contributed by atoms with E-state index in [0.29, 0.717) is 6.54 Å². The average Bonchev–Trinajstić information content (AvgIpc) is 2.79. The molecule has 2 amide bonds. The number of hydrogen-bond donors (Lipinski definition) is 2. The molecule has 1 aromatic carbocycles. The minimum absolute atomic E-state index is 0.0134. The molecule has 202 valence electrons. The van der Waals surface area contributed by atoms with Crippen LogP contribution in [0.5, 0.6) is 0 Å². The number of hydrogen-bond acceptors (Lipinski definition) is 4. The van der Waals surface area contributed by atoms with Gasteiger partial charge in [0.25, 0.3) is 0 Å². The molecular weight excluding hydrogens is 454 g/mol. The third-order valence-corrected chi connectivity index (χ3v) is 7.02. The maximum Gasteiger partial charge on any atom is 0.331 e. The number of nitrogens with one attached hydrogen (secondary N) is 1. The van der Waals surface area contributed by atoms with Crippen molar-refractivity contribution in [2.24, 2.45) is 11.3 Å². The van der Waals surface area contributed by atoms with Crippen LogP contribution in [0.2, 0.25) is 0 Å². The Hall–Kier alpha value is -2.67. The third-order valence-electron chi connectivity index (χ3n) is 7.02. The van der Waals surface area contributed by atoms with Gasteiger partial charge in [-0.2, -0.15) is 0 Å². The van der Waals surface area contributed by atoms with E-state index in [0.717, 1.165) is 5.56 Å². The van der Waals surface area contributed by atoms with Crippen molar-refractivity contribution in [2.45, 2.75) is 85.9 Å². The van der Waals surface area contributed by atoms with Crippen LogP contribution in [0.15, 0.2) is 42.0 Å². The molecule has 36 heavy (non-hydrogen) atoms. The number of carboxylic acids is 1. The van der Waals surface area contributed by atoms with Crippen molar-refractivity contribution < 1.29 is 19.5 Å². The highest BCUT2D eigenvalue weighted by atomic mass is 16.4. The molecule has 3 atom stereocenters. The smallest absolute Gasteiger partial charge is 0.331 e. The lowest BCUT2D eigenvalue weighted by Gasteiger charge is -2.42. The Morgan fingerprint density at radius 3 is 1.97 bits per heavy atom. The fourth-order valence-corrected chi connectivity index (χ4v) is 4.59. The number of benzene rings is 1. The summed E-state index contributed by atoms with van der Waals surface area (Å²) in [5.74, 6) is -1.50. The minimum atomic E-state index is -1.02. The Labute approximate surface area is 217 Å². The highest BCUT2D eigenvalue weighted by molar-refractivity contribution is 5.91. The molecule has 0 radical (unpaired) electrons. The van der Waals surface area contributed by atoms with Crippen molar-refractivity contribution in [1.29, 1.82) is 0 Å². The fraction of sp³-hybridized carbons (Fsp3) is 0.621. The van der Waals surface area contributed by atoms with Crippen molar-refractivity contribution >= 4 is 17.8 Å². The summed E-state index contributed by atoms with van der Waals surface area (Å²) in [6, 6.07) is 8.19. The number of carbonyl (C=O) groups is 3. The van der Waals surface area contributed by atoms with Crippen LogP contribution >= 0.6 is 0 Å². The molecule has 0 spiro atoms. The van der Waals surface area contributed by atoms with E-state index < -0.39 is 34.9 Å². The highest BCUT2D eigenvalue weighted by Gasteiger charge is 2.43. The number of rotatable bonds is 11. The van der Waals surface area contributed by atoms with Crippen LogP contribution in [0.1, 0.15) is 67.9 Å². The molecular formula is C29H47N3O4. The Morgan fingerprint density at radius 1 is 1.03 bits per heavy atom. The highest BCUT2D eigenvalue weighted by Crippen LogP contribution is 2.31. The van der Waals surface area contributed by atoms with Crippen LogP contribution in [0.3, 0.4) is 0 Å². The SMILES string of the molecule is CCN(C)[C@H](C(=O)N[C@H](C(=O)N(C)[C@H](/C=C(\C)C(=O)O)C(C)C)C(C)(C)C)C(C)(C)c1ccccc1. The number of nitrogens with zero attached hydrogens (tertiary/aromatic N) is 2. The molecule has 0 fully saturated rings.